The van der Waals surface area contributed by atoms with Gasteiger partial charge in [-0.05, 0) is 53.8 Å². The van der Waals surface area contributed by atoms with Crippen LogP contribution in [0.25, 0.3) is 5.69 Å². The molecule has 154 valence electrons. The van der Waals surface area contributed by atoms with Crippen LogP contribution in [0.5, 0.6) is 0 Å². The summed E-state index contributed by atoms with van der Waals surface area (Å²) in [6.45, 7) is 0.519. The number of benzene rings is 3. The molecule has 0 spiro atoms. The van der Waals surface area contributed by atoms with Gasteiger partial charge in [0.05, 0.1) is 18.3 Å². The normalized spacial score (nSPS) is 15.0. The van der Waals surface area contributed by atoms with E-state index in [0.717, 1.165) is 33.1 Å². The van der Waals surface area contributed by atoms with E-state index in [0.29, 0.717) is 6.54 Å². The van der Waals surface area contributed by atoms with Gasteiger partial charge in [-0.3, -0.25) is 0 Å². The number of aromatic nitrogens is 1. The maximum Gasteiger partial charge on any atom is 0.322 e. The van der Waals surface area contributed by atoms with Crippen LogP contribution in [0.15, 0.2) is 102 Å². The molecule has 5 heteroatoms. The van der Waals surface area contributed by atoms with E-state index in [-0.39, 0.29) is 12.1 Å². The van der Waals surface area contributed by atoms with Gasteiger partial charge in [-0.2, -0.15) is 0 Å². The second-order valence-electron chi connectivity index (χ2n) is 7.53. The number of carbonyl (C=O) groups is 1. The molecular weight excluding hydrogens is 402 g/mol. The maximum absolute atomic E-state index is 13.6. The van der Waals surface area contributed by atoms with Crippen LogP contribution < -0.4 is 5.32 Å². The Morgan fingerprint density at radius 2 is 1.74 bits per heavy atom. The molecule has 2 heterocycles. The van der Waals surface area contributed by atoms with Crippen LogP contribution in [0.3, 0.4) is 0 Å². The fourth-order valence-corrected chi connectivity index (χ4v) is 4.68. The standard InChI is InChI=1S/C26H23N3OS/c1-31-22-13-7-12-21(17-22)27-26(30)29-18-20-11-5-6-14-23(20)28-16-8-15-24(28)25(29)19-9-3-2-4-10-19/h2-17,25H,18H2,1H3,(H,27,30)/t25-/m0/s1. The molecule has 0 radical (unpaired) electrons. The van der Waals surface area contributed by atoms with Gasteiger partial charge in [0, 0.05) is 22.5 Å². The quantitative estimate of drug-likeness (QED) is 0.389. The van der Waals surface area contributed by atoms with Gasteiger partial charge in [-0.15, -0.1) is 11.8 Å². The Labute approximate surface area is 186 Å². The lowest BCUT2D eigenvalue weighted by atomic mass is 10.0. The van der Waals surface area contributed by atoms with Gasteiger partial charge < -0.3 is 14.8 Å². The summed E-state index contributed by atoms with van der Waals surface area (Å²) in [4.78, 5) is 16.7. The summed E-state index contributed by atoms with van der Waals surface area (Å²) in [5.41, 5.74) is 5.19. The molecule has 0 bridgehead atoms. The second-order valence-corrected chi connectivity index (χ2v) is 8.41. The second kappa shape index (κ2) is 8.36. The number of rotatable bonds is 3. The summed E-state index contributed by atoms with van der Waals surface area (Å²) >= 11 is 1.66. The van der Waals surface area contributed by atoms with Crippen LogP contribution in [0.1, 0.15) is 22.9 Å². The van der Waals surface area contributed by atoms with Crippen LogP contribution in [0, 0.1) is 0 Å². The van der Waals surface area contributed by atoms with Crippen molar-refractivity contribution < 1.29 is 4.79 Å². The van der Waals surface area contributed by atoms with Crippen molar-refractivity contribution >= 4 is 23.5 Å². The van der Waals surface area contributed by atoms with Gasteiger partial charge in [0.2, 0.25) is 0 Å². The molecule has 0 unspecified atom stereocenters. The van der Waals surface area contributed by atoms with Crippen molar-refractivity contribution in [2.75, 3.05) is 11.6 Å². The number of para-hydroxylation sites is 1. The zero-order chi connectivity index (χ0) is 21.2. The van der Waals surface area contributed by atoms with Crippen LogP contribution in [-0.2, 0) is 6.54 Å². The fraction of sp³-hybridized carbons (Fsp3) is 0.115. The number of carbonyl (C=O) groups excluding carboxylic acids is 1. The molecule has 4 nitrogen and oxygen atoms in total. The van der Waals surface area contributed by atoms with Crippen LogP contribution in [0.2, 0.25) is 0 Å². The predicted molar refractivity (Wildman–Crippen MR) is 127 cm³/mol. The van der Waals surface area contributed by atoms with E-state index in [1.165, 1.54) is 0 Å². The highest BCUT2D eigenvalue weighted by Gasteiger charge is 2.32. The van der Waals surface area contributed by atoms with E-state index in [9.17, 15) is 4.79 Å². The van der Waals surface area contributed by atoms with Crippen molar-refractivity contribution in [1.29, 1.82) is 0 Å². The SMILES string of the molecule is CSc1cccc(NC(=O)N2Cc3ccccc3-n3cccc3[C@@H]2c2ccccc2)c1. The van der Waals surface area contributed by atoms with Crippen LogP contribution in [0.4, 0.5) is 10.5 Å². The molecule has 5 rings (SSSR count). The number of urea groups is 1. The van der Waals surface area contributed by atoms with Gasteiger partial charge in [0.15, 0.2) is 0 Å². The number of amides is 2. The monoisotopic (exact) mass is 425 g/mol. The van der Waals surface area contributed by atoms with E-state index in [2.05, 4.69) is 46.4 Å². The zero-order valence-corrected chi connectivity index (χ0v) is 18.0. The lowest BCUT2D eigenvalue weighted by Gasteiger charge is -2.31. The summed E-state index contributed by atoms with van der Waals surface area (Å²) in [6.07, 6.45) is 4.11. The molecule has 1 atom stereocenters. The third-order valence-corrected chi connectivity index (χ3v) is 6.39. The highest BCUT2D eigenvalue weighted by atomic mass is 32.2. The molecule has 4 aromatic rings. The van der Waals surface area contributed by atoms with E-state index in [1.807, 2.05) is 71.8 Å². The van der Waals surface area contributed by atoms with Crippen LogP contribution in [-0.4, -0.2) is 21.8 Å². The van der Waals surface area contributed by atoms with Gasteiger partial charge in [0.25, 0.3) is 0 Å². The largest absolute Gasteiger partial charge is 0.322 e. The Hall–Kier alpha value is -3.44. The molecule has 0 fully saturated rings. The van der Waals surface area contributed by atoms with Gasteiger partial charge >= 0.3 is 6.03 Å². The minimum atomic E-state index is -0.202. The van der Waals surface area contributed by atoms with Gasteiger partial charge in [0.1, 0.15) is 0 Å². The topological polar surface area (TPSA) is 37.3 Å². The first-order valence-electron chi connectivity index (χ1n) is 10.3. The van der Waals surface area contributed by atoms with E-state index < -0.39 is 0 Å². The Bertz CT molecular complexity index is 1220. The van der Waals surface area contributed by atoms with Crippen molar-refractivity contribution in [3.8, 4) is 5.69 Å². The van der Waals surface area contributed by atoms with Gasteiger partial charge in [-0.25, -0.2) is 4.79 Å². The first-order chi connectivity index (χ1) is 15.2. The molecule has 0 saturated heterocycles. The number of hydrogen-bond donors (Lipinski definition) is 1. The molecule has 1 N–H and O–H groups in total. The maximum atomic E-state index is 13.6. The molecule has 0 saturated carbocycles. The average Bonchev–Trinajstić information content (AvgIpc) is 3.24. The van der Waals surface area contributed by atoms with Crippen molar-refractivity contribution in [2.24, 2.45) is 0 Å². The third kappa shape index (κ3) is 3.73. The smallest absolute Gasteiger partial charge is 0.318 e. The molecule has 3 aromatic carbocycles. The lowest BCUT2D eigenvalue weighted by molar-refractivity contribution is 0.194. The number of nitrogens with one attached hydrogen (secondary N) is 1. The highest BCUT2D eigenvalue weighted by molar-refractivity contribution is 7.98. The van der Waals surface area contributed by atoms with Crippen molar-refractivity contribution in [3.63, 3.8) is 0 Å². The Balaban J connectivity index is 1.60. The first-order valence-corrected chi connectivity index (χ1v) is 11.5. The van der Waals surface area contributed by atoms with Crippen molar-refractivity contribution in [1.82, 2.24) is 9.47 Å². The Morgan fingerprint density at radius 1 is 0.935 bits per heavy atom. The molecule has 1 aliphatic heterocycles. The number of nitrogens with zero attached hydrogens (tertiary/aromatic N) is 2. The minimum absolute atomic E-state index is 0.114. The first kappa shape index (κ1) is 19.5. The van der Waals surface area contributed by atoms with Crippen molar-refractivity contribution in [3.05, 3.63) is 114 Å². The highest BCUT2D eigenvalue weighted by Crippen LogP contribution is 2.36. The van der Waals surface area contributed by atoms with E-state index in [4.69, 9.17) is 0 Å². The van der Waals surface area contributed by atoms with Gasteiger partial charge in [-0.1, -0.05) is 54.6 Å². The zero-order valence-electron chi connectivity index (χ0n) is 17.2. The average molecular weight is 426 g/mol. The Morgan fingerprint density at radius 3 is 2.58 bits per heavy atom. The number of thioether (sulfide) groups is 1. The summed E-state index contributed by atoms with van der Waals surface area (Å²) in [5, 5.41) is 3.13. The lowest BCUT2D eigenvalue weighted by Crippen LogP contribution is -2.37. The molecule has 31 heavy (non-hydrogen) atoms. The Kier molecular flexibility index (Phi) is 5.26. The molecule has 0 aliphatic carbocycles. The van der Waals surface area contributed by atoms with Crippen molar-refractivity contribution in [2.45, 2.75) is 17.5 Å². The summed E-state index contributed by atoms with van der Waals surface area (Å²) in [7, 11) is 0. The molecule has 1 aliphatic rings. The van der Waals surface area contributed by atoms with Crippen LogP contribution >= 0.6 is 11.8 Å². The summed E-state index contributed by atoms with van der Waals surface area (Å²) in [6, 6.07) is 30.3. The molecule has 2 amide bonds. The molecule has 1 aromatic heterocycles. The van der Waals surface area contributed by atoms with E-state index in [1.54, 1.807) is 11.8 Å². The molecular formula is C26H23N3OS. The minimum Gasteiger partial charge on any atom is -0.318 e. The summed E-state index contributed by atoms with van der Waals surface area (Å²) in [5.74, 6) is 0. The summed E-state index contributed by atoms with van der Waals surface area (Å²) < 4.78 is 2.20. The number of fused-ring (bicyclic) bond motifs is 3. The number of hydrogen-bond acceptors (Lipinski definition) is 2. The fourth-order valence-electron chi connectivity index (χ4n) is 4.22. The third-order valence-electron chi connectivity index (χ3n) is 5.66. The van der Waals surface area contributed by atoms with E-state index >= 15 is 0 Å². The number of anilines is 1. The predicted octanol–water partition coefficient (Wildman–Crippen LogP) is 6.34.